The molecule has 1 atom stereocenters. The third-order valence-corrected chi connectivity index (χ3v) is 4.11. The fraction of sp³-hybridized carbons (Fsp3) is 0.278. The highest BCUT2D eigenvalue weighted by atomic mass is 19.4. The average Bonchev–Trinajstić information content (AvgIpc) is 3.22. The Kier molecular flexibility index (Phi) is 5.21. The van der Waals surface area contributed by atoms with Gasteiger partial charge in [0.2, 0.25) is 5.91 Å². The maximum absolute atomic E-state index is 12.9. The van der Waals surface area contributed by atoms with Crippen molar-refractivity contribution in [2.24, 2.45) is 0 Å². The van der Waals surface area contributed by atoms with Gasteiger partial charge in [-0.05, 0) is 37.6 Å². The van der Waals surface area contributed by atoms with Crippen LogP contribution in [0.2, 0.25) is 0 Å². The van der Waals surface area contributed by atoms with Crippen LogP contribution in [0.5, 0.6) is 0 Å². The molecule has 10 heteroatoms. The van der Waals surface area contributed by atoms with Gasteiger partial charge in [-0.1, -0.05) is 12.1 Å². The van der Waals surface area contributed by atoms with Crippen LogP contribution in [0.25, 0.3) is 0 Å². The smallest absolute Gasteiger partial charge is 0.307 e. The second kappa shape index (κ2) is 7.45. The number of carbonyl (C=O) groups is 1. The van der Waals surface area contributed by atoms with Crippen LogP contribution in [0.4, 0.5) is 23.4 Å². The third kappa shape index (κ3) is 4.38. The summed E-state index contributed by atoms with van der Waals surface area (Å²) in [7, 11) is 0. The Labute approximate surface area is 157 Å². The third-order valence-electron chi connectivity index (χ3n) is 4.11. The van der Waals surface area contributed by atoms with E-state index >= 15 is 0 Å². The summed E-state index contributed by atoms with van der Waals surface area (Å²) in [6.07, 6.45) is -2.95. The molecule has 3 rings (SSSR count). The number of carbonyl (C=O) groups excluding carboxylic acids is 1. The van der Waals surface area contributed by atoms with Crippen molar-refractivity contribution in [1.82, 2.24) is 19.6 Å². The summed E-state index contributed by atoms with van der Waals surface area (Å²) in [5, 5.41) is 10.2. The Balaban J connectivity index is 1.67. The number of amides is 1. The molecule has 0 saturated heterocycles. The minimum atomic E-state index is -4.58. The van der Waals surface area contributed by atoms with Crippen LogP contribution in [0.3, 0.4) is 0 Å². The van der Waals surface area contributed by atoms with Crippen LogP contribution in [0.15, 0.2) is 42.6 Å². The highest BCUT2D eigenvalue weighted by molar-refractivity contribution is 5.92. The van der Waals surface area contributed by atoms with Crippen molar-refractivity contribution in [2.45, 2.75) is 32.6 Å². The van der Waals surface area contributed by atoms with E-state index in [0.29, 0.717) is 6.54 Å². The number of halogens is 4. The number of nitrogens with one attached hydrogen (secondary N) is 1. The first-order valence-corrected chi connectivity index (χ1v) is 8.35. The van der Waals surface area contributed by atoms with E-state index in [-0.39, 0.29) is 17.3 Å². The van der Waals surface area contributed by atoms with Crippen molar-refractivity contribution in [3.05, 3.63) is 65.4 Å². The van der Waals surface area contributed by atoms with Crippen molar-refractivity contribution in [1.29, 1.82) is 0 Å². The fourth-order valence-corrected chi connectivity index (χ4v) is 2.65. The van der Waals surface area contributed by atoms with Gasteiger partial charge in [-0.15, -0.1) is 0 Å². The van der Waals surface area contributed by atoms with Crippen LogP contribution >= 0.6 is 0 Å². The predicted octanol–water partition coefficient (Wildman–Crippen LogP) is 3.79. The molecule has 0 aliphatic rings. The second-order valence-electron chi connectivity index (χ2n) is 6.30. The predicted molar refractivity (Wildman–Crippen MR) is 93.0 cm³/mol. The molecule has 6 nitrogen and oxygen atoms in total. The lowest BCUT2D eigenvalue weighted by molar-refractivity contribution is -0.141. The normalized spacial score (nSPS) is 12.8. The van der Waals surface area contributed by atoms with Crippen LogP contribution < -0.4 is 5.32 Å². The number of anilines is 1. The van der Waals surface area contributed by atoms with Crippen molar-refractivity contribution in [3.63, 3.8) is 0 Å². The minimum absolute atomic E-state index is 0.219. The number of nitrogens with zero attached hydrogens (tertiary/aromatic N) is 4. The Hall–Kier alpha value is -3.17. The Morgan fingerprint density at radius 1 is 1.18 bits per heavy atom. The lowest BCUT2D eigenvalue weighted by atomic mass is 10.2. The fourth-order valence-electron chi connectivity index (χ4n) is 2.65. The zero-order valence-electron chi connectivity index (χ0n) is 15.0. The van der Waals surface area contributed by atoms with E-state index in [9.17, 15) is 22.4 Å². The number of alkyl halides is 3. The van der Waals surface area contributed by atoms with Gasteiger partial charge in [0.1, 0.15) is 11.9 Å². The number of aromatic nitrogens is 4. The maximum Gasteiger partial charge on any atom is 0.435 e. The Bertz CT molecular complexity index is 975. The van der Waals surface area contributed by atoms with Crippen LogP contribution in [-0.2, 0) is 17.5 Å². The number of rotatable bonds is 5. The van der Waals surface area contributed by atoms with Crippen LogP contribution in [0.1, 0.15) is 29.9 Å². The topological polar surface area (TPSA) is 64.7 Å². The van der Waals surface area contributed by atoms with Gasteiger partial charge in [0, 0.05) is 18.0 Å². The van der Waals surface area contributed by atoms with Crippen molar-refractivity contribution in [3.8, 4) is 0 Å². The first kappa shape index (κ1) is 19.6. The van der Waals surface area contributed by atoms with Gasteiger partial charge in [-0.25, -0.2) is 4.39 Å². The van der Waals surface area contributed by atoms with Gasteiger partial charge in [0.15, 0.2) is 11.5 Å². The zero-order chi connectivity index (χ0) is 20.5. The number of aryl methyl sites for hydroxylation is 1. The number of hydrogen-bond donors (Lipinski definition) is 1. The first-order valence-electron chi connectivity index (χ1n) is 8.35. The lowest BCUT2D eigenvalue weighted by Gasteiger charge is -2.13. The quantitative estimate of drug-likeness (QED) is 0.669. The first-order chi connectivity index (χ1) is 13.1. The second-order valence-corrected chi connectivity index (χ2v) is 6.30. The highest BCUT2D eigenvalue weighted by Crippen LogP contribution is 2.29. The molecule has 3 aromatic rings. The van der Waals surface area contributed by atoms with E-state index in [0.717, 1.165) is 16.3 Å². The van der Waals surface area contributed by atoms with Gasteiger partial charge >= 0.3 is 6.18 Å². The van der Waals surface area contributed by atoms with Gasteiger partial charge in [0.05, 0.1) is 6.54 Å². The molecule has 1 unspecified atom stereocenters. The van der Waals surface area contributed by atoms with E-state index in [1.807, 2.05) is 0 Å². The summed E-state index contributed by atoms with van der Waals surface area (Å²) >= 11 is 0. The van der Waals surface area contributed by atoms with E-state index in [4.69, 9.17) is 0 Å². The molecule has 0 bridgehead atoms. The van der Waals surface area contributed by atoms with Crippen molar-refractivity contribution < 1.29 is 22.4 Å². The molecule has 2 aromatic heterocycles. The number of benzene rings is 1. The summed E-state index contributed by atoms with van der Waals surface area (Å²) in [5.41, 5.74) is -0.00682. The van der Waals surface area contributed by atoms with E-state index in [2.05, 4.69) is 15.5 Å². The highest BCUT2D eigenvalue weighted by Gasteiger charge is 2.35. The molecule has 1 aromatic carbocycles. The summed E-state index contributed by atoms with van der Waals surface area (Å²) in [6, 6.07) is 7.41. The molecular formula is C18H17F4N5O. The molecule has 0 aliphatic carbocycles. The van der Waals surface area contributed by atoms with Crippen LogP contribution in [0, 0.1) is 12.7 Å². The molecule has 0 fully saturated rings. The summed E-state index contributed by atoms with van der Waals surface area (Å²) in [5.74, 6) is -0.638. The Morgan fingerprint density at radius 2 is 1.86 bits per heavy atom. The molecular weight excluding hydrogens is 378 g/mol. The van der Waals surface area contributed by atoms with Crippen molar-refractivity contribution >= 4 is 11.7 Å². The maximum atomic E-state index is 12.9. The van der Waals surface area contributed by atoms with Gasteiger partial charge in [-0.2, -0.15) is 23.4 Å². The molecule has 0 aliphatic heterocycles. The van der Waals surface area contributed by atoms with Gasteiger partial charge < -0.3 is 5.32 Å². The number of hydrogen-bond acceptors (Lipinski definition) is 3. The Morgan fingerprint density at radius 3 is 2.46 bits per heavy atom. The molecule has 1 N–H and O–H groups in total. The summed E-state index contributed by atoms with van der Waals surface area (Å²) in [4.78, 5) is 12.4. The SMILES string of the molecule is Cc1cc(C(F)(F)F)nn1C(C)C(=O)Nc1ccn(Cc2ccc(F)cc2)n1. The molecule has 0 radical (unpaired) electrons. The molecule has 2 heterocycles. The molecule has 28 heavy (non-hydrogen) atoms. The molecule has 0 saturated carbocycles. The monoisotopic (exact) mass is 395 g/mol. The van der Waals surface area contributed by atoms with E-state index in [1.54, 1.807) is 29.1 Å². The molecule has 1 amide bonds. The standard InChI is InChI=1S/C18H17F4N5O/c1-11-9-15(18(20,21)22)24-27(11)12(2)17(28)23-16-7-8-26(25-16)10-13-3-5-14(19)6-4-13/h3-9,12H,10H2,1-2H3,(H,23,25,28). The van der Waals surface area contributed by atoms with Gasteiger partial charge in [-0.3, -0.25) is 14.2 Å². The minimum Gasteiger partial charge on any atom is -0.307 e. The largest absolute Gasteiger partial charge is 0.435 e. The van der Waals surface area contributed by atoms with E-state index in [1.165, 1.54) is 26.0 Å². The summed E-state index contributed by atoms with van der Waals surface area (Å²) in [6.45, 7) is 3.27. The zero-order valence-corrected chi connectivity index (χ0v) is 15.0. The van der Waals surface area contributed by atoms with Gasteiger partial charge in [0.25, 0.3) is 0 Å². The van der Waals surface area contributed by atoms with Crippen molar-refractivity contribution in [2.75, 3.05) is 5.32 Å². The lowest BCUT2D eigenvalue weighted by Crippen LogP contribution is -2.26. The van der Waals surface area contributed by atoms with E-state index < -0.39 is 23.8 Å². The average molecular weight is 395 g/mol. The molecule has 148 valence electrons. The van der Waals surface area contributed by atoms with Crippen LogP contribution in [-0.4, -0.2) is 25.5 Å². The summed E-state index contributed by atoms with van der Waals surface area (Å²) < 4.78 is 53.9. The molecule has 0 spiro atoms.